The number of sulfone groups is 1. The zero-order valence-corrected chi connectivity index (χ0v) is 10.9. The van der Waals surface area contributed by atoms with E-state index in [1.807, 2.05) is 0 Å². The molecular weight excluding hydrogens is 278 g/mol. The summed E-state index contributed by atoms with van der Waals surface area (Å²) in [4.78, 5) is 22.4. The first-order valence-electron chi connectivity index (χ1n) is 5.18. The summed E-state index contributed by atoms with van der Waals surface area (Å²) in [6.07, 6.45) is 2.00. The van der Waals surface area contributed by atoms with E-state index in [1.165, 1.54) is 6.33 Å². The number of aliphatic carboxylic acids is 1. The van der Waals surface area contributed by atoms with E-state index in [0.717, 1.165) is 10.9 Å². The molecule has 1 unspecified atom stereocenters. The van der Waals surface area contributed by atoms with E-state index < -0.39 is 27.8 Å². The Balaban J connectivity index is 2.53. The summed E-state index contributed by atoms with van der Waals surface area (Å²) in [5.74, 6) is -2.24. The third kappa shape index (κ3) is 5.90. The second-order valence-corrected chi connectivity index (χ2v) is 6.14. The number of hydrogen-bond donors (Lipinski definition) is 2. The average Bonchev–Trinajstić information content (AvgIpc) is 2.75. The molecule has 0 radical (unpaired) electrons. The summed E-state index contributed by atoms with van der Waals surface area (Å²) in [5.41, 5.74) is 0. The third-order valence-corrected chi connectivity index (χ3v) is 3.08. The van der Waals surface area contributed by atoms with Gasteiger partial charge >= 0.3 is 5.97 Å². The zero-order chi connectivity index (χ0) is 14.5. The number of nitrogens with one attached hydrogen (secondary N) is 1. The molecule has 1 rings (SSSR count). The normalized spacial score (nSPS) is 12.9. The van der Waals surface area contributed by atoms with Gasteiger partial charge in [0.15, 0.2) is 0 Å². The summed E-state index contributed by atoms with van der Waals surface area (Å²) in [6.45, 7) is -0.240. The van der Waals surface area contributed by atoms with Crippen molar-refractivity contribution in [3.05, 3.63) is 6.33 Å². The number of carboxylic acids is 1. The van der Waals surface area contributed by atoms with Crippen LogP contribution in [0.25, 0.3) is 0 Å². The van der Waals surface area contributed by atoms with Crippen LogP contribution in [0.1, 0.15) is 6.42 Å². The first kappa shape index (κ1) is 15.0. The largest absolute Gasteiger partial charge is 0.480 e. The van der Waals surface area contributed by atoms with Crippen molar-refractivity contribution in [3.63, 3.8) is 0 Å². The summed E-state index contributed by atoms with van der Waals surface area (Å²) < 4.78 is 23.0. The number of aromatic nitrogens is 4. The number of carbonyl (C=O) groups is 2. The van der Waals surface area contributed by atoms with E-state index in [9.17, 15) is 18.0 Å². The van der Waals surface area contributed by atoms with E-state index in [-0.39, 0.29) is 18.7 Å². The van der Waals surface area contributed by atoms with Gasteiger partial charge in [0.2, 0.25) is 5.91 Å². The lowest BCUT2D eigenvalue weighted by molar-refractivity contribution is -0.142. The second-order valence-electron chi connectivity index (χ2n) is 3.88. The van der Waals surface area contributed by atoms with Crippen LogP contribution in [0.2, 0.25) is 0 Å². The number of amides is 1. The molecule has 0 saturated heterocycles. The van der Waals surface area contributed by atoms with Gasteiger partial charge in [-0.25, -0.2) is 17.9 Å². The highest BCUT2D eigenvalue weighted by atomic mass is 32.2. The van der Waals surface area contributed by atoms with E-state index in [4.69, 9.17) is 5.11 Å². The topological polar surface area (TPSA) is 144 Å². The van der Waals surface area contributed by atoms with Gasteiger partial charge in [0.25, 0.3) is 0 Å². The zero-order valence-electron chi connectivity index (χ0n) is 10.1. The van der Waals surface area contributed by atoms with Crippen LogP contribution in [0.4, 0.5) is 0 Å². The van der Waals surface area contributed by atoms with Gasteiger partial charge < -0.3 is 10.4 Å². The molecule has 1 atom stereocenters. The average molecular weight is 291 g/mol. The Morgan fingerprint density at radius 1 is 1.47 bits per heavy atom. The van der Waals surface area contributed by atoms with Crippen LogP contribution in [0.15, 0.2) is 6.33 Å². The van der Waals surface area contributed by atoms with Gasteiger partial charge in [-0.05, 0) is 16.8 Å². The Labute approximate surface area is 108 Å². The molecule has 19 heavy (non-hydrogen) atoms. The van der Waals surface area contributed by atoms with Gasteiger partial charge in [-0.3, -0.25) is 4.79 Å². The van der Waals surface area contributed by atoms with Gasteiger partial charge in [0, 0.05) is 6.26 Å². The fourth-order valence-corrected chi connectivity index (χ4v) is 1.89. The molecule has 0 spiro atoms. The van der Waals surface area contributed by atoms with Gasteiger partial charge in [0.1, 0.15) is 28.8 Å². The SMILES string of the molecule is CS(=O)(=O)CCC(NC(=O)Cn1cnnn1)C(=O)O. The number of rotatable bonds is 7. The molecule has 0 aliphatic rings. The molecule has 2 N–H and O–H groups in total. The van der Waals surface area contributed by atoms with Gasteiger partial charge in [-0.1, -0.05) is 0 Å². The maximum absolute atomic E-state index is 11.5. The fraction of sp³-hybridized carbons (Fsp3) is 0.625. The minimum atomic E-state index is -3.29. The van der Waals surface area contributed by atoms with E-state index in [2.05, 4.69) is 20.8 Å². The number of hydrogen-bond acceptors (Lipinski definition) is 7. The number of carbonyl (C=O) groups excluding carboxylic acids is 1. The Bertz CT molecular complexity index is 540. The van der Waals surface area contributed by atoms with Crippen molar-refractivity contribution in [2.24, 2.45) is 0 Å². The van der Waals surface area contributed by atoms with Crippen LogP contribution in [-0.2, 0) is 26.0 Å². The van der Waals surface area contributed by atoms with Crippen LogP contribution < -0.4 is 5.32 Å². The van der Waals surface area contributed by atoms with Crippen LogP contribution in [0.3, 0.4) is 0 Å². The van der Waals surface area contributed by atoms with Crippen molar-refractivity contribution in [1.82, 2.24) is 25.5 Å². The van der Waals surface area contributed by atoms with Crippen LogP contribution >= 0.6 is 0 Å². The predicted octanol–water partition coefficient (Wildman–Crippen LogP) is -2.32. The van der Waals surface area contributed by atoms with Gasteiger partial charge in [-0.2, -0.15) is 0 Å². The van der Waals surface area contributed by atoms with Crippen LogP contribution in [0, 0.1) is 0 Å². The molecule has 0 fully saturated rings. The molecule has 0 saturated carbocycles. The standard InChI is InChI=1S/C8H13N5O5S/c1-19(17,18)3-2-6(8(15)16)10-7(14)4-13-5-9-11-12-13/h5-6H,2-4H2,1H3,(H,10,14)(H,15,16). The molecule has 0 aromatic carbocycles. The van der Waals surface area contributed by atoms with Crippen molar-refractivity contribution in [2.45, 2.75) is 19.0 Å². The Hall–Kier alpha value is -2.04. The third-order valence-electron chi connectivity index (χ3n) is 2.11. The van der Waals surface area contributed by atoms with Gasteiger partial charge in [0.05, 0.1) is 5.75 Å². The molecule has 0 aliphatic carbocycles. The minimum Gasteiger partial charge on any atom is -0.480 e. The lowest BCUT2D eigenvalue weighted by Crippen LogP contribution is -2.43. The summed E-state index contributed by atoms with van der Waals surface area (Å²) in [5, 5.41) is 21.2. The smallest absolute Gasteiger partial charge is 0.326 e. The van der Waals surface area contributed by atoms with Crippen molar-refractivity contribution in [3.8, 4) is 0 Å². The molecule has 1 aromatic rings. The molecule has 10 nitrogen and oxygen atoms in total. The van der Waals surface area contributed by atoms with E-state index >= 15 is 0 Å². The lowest BCUT2D eigenvalue weighted by Gasteiger charge is -2.13. The summed E-state index contributed by atoms with van der Waals surface area (Å²) in [6, 6.07) is -1.27. The lowest BCUT2D eigenvalue weighted by atomic mass is 10.2. The maximum atomic E-state index is 11.5. The highest BCUT2D eigenvalue weighted by Crippen LogP contribution is 1.97. The first-order valence-corrected chi connectivity index (χ1v) is 7.24. The van der Waals surface area contributed by atoms with Crippen molar-refractivity contribution >= 4 is 21.7 Å². The summed E-state index contributed by atoms with van der Waals surface area (Å²) >= 11 is 0. The number of carboxylic acid groups (broad SMARTS) is 1. The van der Waals surface area contributed by atoms with Gasteiger partial charge in [-0.15, -0.1) is 5.10 Å². The fourth-order valence-electron chi connectivity index (χ4n) is 1.23. The van der Waals surface area contributed by atoms with E-state index in [0.29, 0.717) is 0 Å². The Morgan fingerprint density at radius 2 is 2.16 bits per heavy atom. The van der Waals surface area contributed by atoms with Crippen molar-refractivity contribution in [2.75, 3.05) is 12.0 Å². The molecular formula is C8H13N5O5S. The molecule has 106 valence electrons. The molecule has 11 heteroatoms. The van der Waals surface area contributed by atoms with Crippen molar-refractivity contribution < 1.29 is 23.1 Å². The van der Waals surface area contributed by atoms with Crippen molar-refractivity contribution in [1.29, 1.82) is 0 Å². The molecule has 1 amide bonds. The van der Waals surface area contributed by atoms with E-state index in [1.54, 1.807) is 0 Å². The quantitative estimate of drug-likeness (QED) is 0.569. The molecule has 0 aliphatic heterocycles. The predicted molar refractivity (Wildman–Crippen MR) is 61.7 cm³/mol. The molecule has 0 bridgehead atoms. The van der Waals surface area contributed by atoms with Crippen LogP contribution in [0.5, 0.6) is 0 Å². The maximum Gasteiger partial charge on any atom is 0.326 e. The molecule has 1 heterocycles. The highest BCUT2D eigenvalue weighted by molar-refractivity contribution is 7.90. The molecule has 1 aromatic heterocycles. The summed E-state index contributed by atoms with van der Waals surface area (Å²) in [7, 11) is -3.29. The Kier molecular flexibility index (Phi) is 4.92. The van der Waals surface area contributed by atoms with Crippen LogP contribution in [-0.4, -0.2) is 63.7 Å². The monoisotopic (exact) mass is 291 g/mol. The Morgan fingerprint density at radius 3 is 2.63 bits per heavy atom. The number of nitrogens with zero attached hydrogens (tertiary/aromatic N) is 4. The highest BCUT2D eigenvalue weighted by Gasteiger charge is 2.21. The minimum absolute atomic E-state index is 0.199. The second kappa shape index (κ2) is 6.22. The number of tetrazole rings is 1. The first-order chi connectivity index (χ1) is 8.78.